The zero-order valence-corrected chi connectivity index (χ0v) is 10.8. The monoisotopic (exact) mass is 246 g/mol. The highest BCUT2D eigenvalue weighted by Crippen LogP contribution is 2.29. The van der Waals surface area contributed by atoms with Gasteiger partial charge in [0.15, 0.2) is 0 Å². The molecule has 2 N–H and O–H groups in total. The van der Waals surface area contributed by atoms with Gasteiger partial charge in [-0.1, -0.05) is 12.1 Å². The molecule has 1 aromatic carbocycles. The van der Waals surface area contributed by atoms with Crippen LogP contribution in [-0.4, -0.2) is 19.1 Å². The van der Waals surface area contributed by atoms with E-state index in [9.17, 15) is 4.79 Å². The summed E-state index contributed by atoms with van der Waals surface area (Å²) in [5, 5.41) is 8.77. The molecule has 1 atom stereocenters. The molecule has 0 saturated heterocycles. The van der Waals surface area contributed by atoms with Crippen LogP contribution in [0, 0.1) is 11.3 Å². The second kappa shape index (κ2) is 6.18. The summed E-state index contributed by atoms with van der Waals surface area (Å²) >= 11 is 0. The van der Waals surface area contributed by atoms with E-state index in [1.165, 1.54) is 0 Å². The Bertz CT molecular complexity index is 448. The molecule has 0 spiro atoms. The van der Waals surface area contributed by atoms with Crippen LogP contribution in [0.3, 0.4) is 0 Å². The molecule has 96 valence electrons. The lowest BCUT2D eigenvalue weighted by atomic mass is 9.79. The molecule has 0 aliphatic carbocycles. The van der Waals surface area contributed by atoms with Crippen molar-refractivity contribution < 1.29 is 9.53 Å². The molecule has 0 aromatic heterocycles. The van der Waals surface area contributed by atoms with E-state index in [1.807, 2.05) is 6.92 Å². The molecule has 0 saturated carbocycles. The van der Waals surface area contributed by atoms with Crippen molar-refractivity contribution in [1.29, 1.82) is 5.26 Å². The van der Waals surface area contributed by atoms with Gasteiger partial charge in [-0.05, 0) is 44.5 Å². The van der Waals surface area contributed by atoms with Crippen LogP contribution in [0.1, 0.15) is 31.4 Å². The van der Waals surface area contributed by atoms with Crippen LogP contribution < -0.4 is 5.73 Å². The summed E-state index contributed by atoms with van der Waals surface area (Å²) in [7, 11) is 0. The van der Waals surface area contributed by atoms with Crippen molar-refractivity contribution in [3.63, 3.8) is 0 Å². The number of nitrogens with zero attached hydrogens (tertiary/aromatic N) is 1. The zero-order valence-electron chi connectivity index (χ0n) is 10.8. The molecule has 1 unspecified atom stereocenters. The minimum Gasteiger partial charge on any atom is -0.465 e. The maximum absolute atomic E-state index is 12.1. The van der Waals surface area contributed by atoms with E-state index in [0.717, 1.165) is 5.56 Å². The Morgan fingerprint density at radius 1 is 1.44 bits per heavy atom. The van der Waals surface area contributed by atoms with Gasteiger partial charge >= 0.3 is 5.97 Å². The third kappa shape index (κ3) is 2.88. The van der Waals surface area contributed by atoms with Crippen molar-refractivity contribution in [3.8, 4) is 6.07 Å². The summed E-state index contributed by atoms with van der Waals surface area (Å²) in [5.41, 5.74) is 6.22. The maximum Gasteiger partial charge on any atom is 0.316 e. The maximum atomic E-state index is 12.1. The van der Waals surface area contributed by atoms with Gasteiger partial charge in [0.05, 0.1) is 23.7 Å². The number of carbonyl (C=O) groups is 1. The molecule has 0 amide bonds. The normalized spacial score (nSPS) is 13.4. The Labute approximate surface area is 107 Å². The Morgan fingerprint density at radius 2 is 2.06 bits per heavy atom. The van der Waals surface area contributed by atoms with Gasteiger partial charge in [-0.2, -0.15) is 5.26 Å². The molecule has 0 heterocycles. The number of benzene rings is 1. The number of hydrogen-bond acceptors (Lipinski definition) is 4. The molecule has 1 rings (SSSR count). The number of ether oxygens (including phenoxy) is 1. The Balaban J connectivity index is 3.09. The number of rotatable bonds is 5. The minimum atomic E-state index is -0.751. The standard InChI is InChI=1S/C14H18N2O2/c1-3-18-13(17)14(2,8-9-15)12-6-4-11(10-16)5-7-12/h4-7H,3,8-9,15H2,1-2H3. The first-order chi connectivity index (χ1) is 8.58. The van der Waals surface area contributed by atoms with Crippen LogP contribution in [0.5, 0.6) is 0 Å². The fourth-order valence-electron chi connectivity index (χ4n) is 1.86. The van der Waals surface area contributed by atoms with E-state index in [-0.39, 0.29) is 5.97 Å². The molecular weight excluding hydrogens is 228 g/mol. The topological polar surface area (TPSA) is 76.1 Å². The summed E-state index contributed by atoms with van der Waals surface area (Å²) in [5.74, 6) is -0.278. The molecule has 0 fully saturated rings. The molecule has 4 nitrogen and oxygen atoms in total. The number of nitrogens with two attached hydrogens (primary N) is 1. The van der Waals surface area contributed by atoms with Crippen molar-refractivity contribution in [1.82, 2.24) is 0 Å². The Kier molecular flexibility index (Phi) is 4.87. The van der Waals surface area contributed by atoms with Crippen LogP contribution in [0.15, 0.2) is 24.3 Å². The van der Waals surface area contributed by atoms with Gasteiger partial charge in [-0.15, -0.1) is 0 Å². The van der Waals surface area contributed by atoms with Crippen LogP contribution in [0.4, 0.5) is 0 Å². The lowest BCUT2D eigenvalue weighted by molar-refractivity contribution is -0.149. The van der Waals surface area contributed by atoms with Crippen molar-refractivity contribution >= 4 is 5.97 Å². The first-order valence-corrected chi connectivity index (χ1v) is 5.96. The second-order valence-corrected chi connectivity index (χ2v) is 4.28. The van der Waals surface area contributed by atoms with E-state index < -0.39 is 5.41 Å². The third-order valence-electron chi connectivity index (χ3n) is 3.02. The van der Waals surface area contributed by atoms with E-state index in [4.69, 9.17) is 15.7 Å². The van der Waals surface area contributed by atoms with Crippen molar-refractivity contribution in [2.24, 2.45) is 5.73 Å². The average Bonchev–Trinajstić information content (AvgIpc) is 2.39. The lowest BCUT2D eigenvalue weighted by Gasteiger charge is -2.27. The van der Waals surface area contributed by atoms with Gasteiger partial charge in [0.2, 0.25) is 0 Å². The second-order valence-electron chi connectivity index (χ2n) is 4.28. The lowest BCUT2D eigenvalue weighted by Crippen LogP contribution is -2.36. The van der Waals surface area contributed by atoms with Crippen molar-refractivity contribution in [3.05, 3.63) is 35.4 Å². The average molecular weight is 246 g/mol. The van der Waals surface area contributed by atoms with Gasteiger partial charge in [-0.25, -0.2) is 0 Å². The molecule has 4 heteroatoms. The van der Waals surface area contributed by atoms with Gasteiger partial charge in [-0.3, -0.25) is 4.79 Å². The van der Waals surface area contributed by atoms with Gasteiger partial charge < -0.3 is 10.5 Å². The molecule has 18 heavy (non-hydrogen) atoms. The highest BCUT2D eigenvalue weighted by molar-refractivity contribution is 5.82. The Hall–Kier alpha value is -1.86. The third-order valence-corrected chi connectivity index (χ3v) is 3.02. The largest absolute Gasteiger partial charge is 0.465 e. The van der Waals surface area contributed by atoms with Crippen molar-refractivity contribution in [2.75, 3.05) is 13.2 Å². The van der Waals surface area contributed by atoms with Gasteiger partial charge in [0, 0.05) is 0 Å². The highest BCUT2D eigenvalue weighted by atomic mass is 16.5. The highest BCUT2D eigenvalue weighted by Gasteiger charge is 2.35. The molecule has 1 aromatic rings. The molecule has 0 radical (unpaired) electrons. The predicted molar refractivity (Wildman–Crippen MR) is 68.8 cm³/mol. The van der Waals surface area contributed by atoms with Gasteiger partial charge in [0.25, 0.3) is 0 Å². The van der Waals surface area contributed by atoms with Crippen LogP contribution in [0.25, 0.3) is 0 Å². The zero-order chi connectivity index (χ0) is 13.6. The van der Waals surface area contributed by atoms with E-state index in [1.54, 1.807) is 31.2 Å². The smallest absolute Gasteiger partial charge is 0.316 e. The van der Waals surface area contributed by atoms with E-state index >= 15 is 0 Å². The first-order valence-electron chi connectivity index (χ1n) is 5.96. The fraction of sp³-hybridized carbons (Fsp3) is 0.429. The van der Waals surface area contributed by atoms with Crippen LogP contribution in [-0.2, 0) is 14.9 Å². The van der Waals surface area contributed by atoms with Crippen LogP contribution in [0.2, 0.25) is 0 Å². The fourth-order valence-corrected chi connectivity index (χ4v) is 1.86. The van der Waals surface area contributed by atoms with Crippen LogP contribution >= 0.6 is 0 Å². The minimum absolute atomic E-state index is 0.278. The summed E-state index contributed by atoms with van der Waals surface area (Å²) in [6, 6.07) is 9.01. The Morgan fingerprint density at radius 3 is 2.50 bits per heavy atom. The molecule has 0 bridgehead atoms. The van der Waals surface area contributed by atoms with E-state index in [0.29, 0.717) is 25.1 Å². The predicted octanol–water partition coefficient (Wildman–Crippen LogP) is 1.73. The van der Waals surface area contributed by atoms with Crippen molar-refractivity contribution in [2.45, 2.75) is 25.7 Å². The number of hydrogen-bond donors (Lipinski definition) is 1. The number of nitriles is 1. The molecular formula is C14H18N2O2. The summed E-state index contributed by atoms with van der Waals surface area (Å²) < 4.78 is 5.11. The first kappa shape index (κ1) is 14.2. The van der Waals surface area contributed by atoms with E-state index in [2.05, 4.69) is 6.07 Å². The molecule has 0 aliphatic heterocycles. The summed E-state index contributed by atoms with van der Waals surface area (Å²) in [6.07, 6.45) is 0.512. The summed E-state index contributed by atoms with van der Waals surface area (Å²) in [4.78, 5) is 12.1. The summed E-state index contributed by atoms with van der Waals surface area (Å²) in [6.45, 7) is 4.34. The quantitative estimate of drug-likeness (QED) is 0.803. The number of esters is 1. The molecule has 0 aliphatic rings. The SMILES string of the molecule is CCOC(=O)C(C)(CCN)c1ccc(C#N)cc1. The number of carbonyl (C=O) groups excluding carboxylic acids is 1. The van der Waals surface area contributed by atoms with Gasteiger partial charge in [0.1, 0.15) is 0 Å².